The van der Waals surface area contributed by atoms with E-state index in [2.05, 4.69) is 10.2 Å². The molecule has 6 heteroatoms. The first-order valence-electron chi connectivity index (χ1n) is 5.62. The number of rotatable bonds is 2. The molecule has 1 aromatic rings. The molecule has 1 aromatic heterocycles. The van der Waals surface area contributed by atoms with E-state index in [1.54, 1.807) is 11.0 Å². The summed E-state index contributed by atoms with van der Waals surface area (Å²) in [7, 11) is 0. The molecule has 1 atom stereocenters. The van der Waals surface area contributed by atoms with Crippen LogP contribution in [0.25, 0.3) is 0 Å². The lowest BCUT2D eigenvalue weighted by Gasteiger charge is -2.30. The third kappa shape index (κ3) is 2.46. The van der Waals surface area contributed by atoms with Gasteiger partial charge in [0.2, 0.25) is 0 Å². The van der Waals surface area contributed by atoms with Gasteiger partial charge in [-0.05, 0) is 25.8 Å². The van der Waals surface area contributed by atoms with Gasteiger partial charge in [0, 0.05) is 18.8 Å². The van der Waals surface area contributed by atoms with Crippen molar-refractivity contribution in [3.05, 3.63) is 17.5 Å². The van der Waals surface area contributed by atoms with Crippen molar-refractivity contribution in [2.75, 3.05) is 13.1 Å². The van der Waals surface area contributed by atoms with E-state index in [-0.39, 0.29) is 12.5 Å². The predicted octanol–water partition coefficient (Wildman–Crippen LogP) is 0.655. The van der Waals surface area contributed by atoms with Crippen molar-refractivity contribution in [1.82, 2.24) is 15.1 Å². The maximum Gasteiger partial charge on any atom is 0.308 e. The summed E-state index contributed by atoms with van der Waals surface area (Å²) in [4.78, 5) is 24.5. The Labute approximate surface area is 98.6 Å². The first-order valence-corrected chi connectivity index (χ1v) is 5.62. The quantitative estimate of drug-likeness (QED) is 0.791. The normalized spacial score (nSPS) is 20.3. The number of piperidine rings is 1. The number of hydrogen-bond acceptors (Lipinski definition) is 3. The highest BCUT2D eigenvalue weighted by Gasteiger charge is 2.29. The van der Waals surface area contributed by atoms with E-state index >= 15 is 0 Å². The number of aromatic amines is 1. The lowest BCUT2D eigenvalue weighted by atomic mass is 9.98. The number of likely N-dealkylation sites (tertiary alicyclic amines) is 1. The van der Waals surface area contributed by atoms with Crippen LogP contribution >= 0.6 is 0 Å². The van der Waals surface area contributed by atoms with Crippen molar-refractivity contribution in [2.24, 2.45) is 5.92 Å². The Bertz CT molecular complexity index is 441. The largest absolute Gasteiger partial charge is 0.481 e. The molecule has 17 heavy (non-hydrogen) atoms. The van der Waals surface area contributed by atoms with E-state index in [0.29, 0.717) is 18.7 Å². The Kier molecular flexibility index (Phi) is 3.12. The van der Waals surface area contributed by atoms with Crippen molar-refractivity contribution < 1.29 is 14.7 Å². The van der Waals surface area contributed by atoms with Crippen molar-refractivity contribution in [1.29, 1.82) is 0 Å². The topological polar surface area (TPSA) is 86.3 Å². The van der Waals surface area contributed by atoms with Crippen LogP contribution in [0.1, 0.15) is 29.0 Å². The van der Waals surface area contributed by atoms with Gasteiger partial charge in [0.1, 0.15) is 5.69 Å². The first kappa shape index (κ1) is 11.6. The van der Waals surface area contributed by atoms with Crippen LogP contribution in [0.15, 0.2) is 6.07 Å². The molecule has 0 aliphatic carbocycles. The van der Waals surface area contributed by atoms with Gasteiger partial charge in [0.05, 0.1) is 5.92 Å². The molecule has 1 saturated heterocycles. The SMILES string of the molecule is Cc1cc(C(=O)N2CCC[C@H](C(=O)O)C2)n[nH]1. The number of carboxylic acids is 1. The maximum atomic E-state index is 12.0. The average Bonchev–Trinajstić information content (AvgIpc) is 2.75. The molecule has 0 aromatic carbocycles. The second kappa shape index (κ2) is 4.57. The summed E-state index contributed by atoms with van der Waals surface area (Å²) in [6, 6.07) is 1.67. The Morgan fingerprint density at radius 2 is 2.35 bits per heavy atom. The number of nitrogens with zero attached hydrogens (tertiary/aromatic N) is 2. The highest BCUT2D eigenvalue weighted by Crippen LogP contribution is 2.18. The number of carbonyl (C=O) groups is 2. The molecule has 1 amide bonds. The number of aryl methyl sites for hydroxylation is 1. The Hall–Kier alpha value is -1.85. The van der Waals surface area contributed by atoms with Gasteiger partial charge in [-0.15, -0.1) is 0 Å². The third-order valence-corrected chi connectivity index (χ3v) is 2.98. The molecule has 0 unspecified atom stereocenters. The van der Waals surface area contributed by atoms with Crippen molar-refractivity contribution in [2.45, 2.75) is 19.8 Å². The molecule has 1 aliphatic rings. The van der Waals surface area contributed by atoms with E-state index in [4.69, 9.17) is 5.11 Å². The lowest BCUT2D eigenvalue weighted by Crippen LogP contribution is -2.42. The summed E-state index contributed by atoms with van der Waals surface area (Å²) >= 11 is 0. The van der Waals surface area contributed by atoms with E-state index < -0.39 is 11.9 Å². The van der Waals surface area contributed by atoms with Crippen LogP contribution in [0.5, 0.6) is 0 Å². The smallest absolute Gasteiger partial charge is 0.308 e. The second-order valence-electron chi connectivity index (χ2n) is 4.36. The number of hydrogen-bond donors (Lipinski definition) is 2. The minimum Gasteiger partial charge on any atom is -0.481 e. The molecule has 2 heterocycles. The Balaban J connectivity index is 2.07. The molecule has 1 aliphatic heterocycles. The van der Waals surface area contributed by atoms with Crippen LogP contribution in [-0.2, 0) is 4.79 Å². The van der Waals surface area contributed by atoms with Gasteiger partial charge in [-0.3, -0.25) is 14.7 Å². The van der Waals surface area contributed by atoms with Gasteiger partial charge in [0.25, 0.3) is 5.91 Å². The predicted molar refractivity (Wildman–Crippen MR) is 59.6 cm³/mol. The van der Waals surface area contributed by atoms with Gasteiger partial charge in [0.15, 0.2) is 0 Å². The first-order chi connectivity index (χ1) is 8.08. The zero-order valence-corrected chi connectivity index (χ0v) is 9.64. The summed E-state index contributed by atoms with van der Waals surface area (Å²) in [6.07, 6.45) is 1.37. The highest BCUT2D eigenvalue weighted by atomic mass is 16.4. The van der Waals surface area contributed by atoms with Gasteiger partial charge in [-0.2, -0.15) is 5.10 Å². The number of carboxylic acid groups (broad SMARTS) is 1. The molecular formula is C11H15N3O3. The number of aromatic nitrogens is 2. The molecule has 1 fully saturated rings. The van der Waals surface area contributed by atoms with Crippen LogP contribution in [-0.4, -0.2) is 45.2 Å². The Morgan fingerprint density at radius 3 is 2.94 bits per heavy atom. The number of H-pyrrole nitrogens is 1. The summed E-state index contributed by atoms with van der Waals surface area (Å²) < 4.78 is 0. The maximum absolute atomic E-state index is 12.0. The molecule has 2 N–H and O–H groups in total. The van der Waals surface area contributed by atoms with Crippen LogP contribution in [0.2, 0.25) is 0 Å². The molecule has 2 rings (SSSR count). The fourth-order valence-corrected chi connectivity index (χ4v) is 2.05. The highest BCUT2D eigenvalue weighted by molar-refractivity contribution is 5.92. The molecule has 0 radical (unpaired) electrons. The molecule has 0 bridgehead atoms. The number of nitrogens with one attached hydrogen (secondary N) is 1. The van der Waals surface area contributed by atoms with E-state index in [1.165, 1.54) is 0 Å². The summed E-state index contributed by atoms with van der Waals surface area (Å²) in [5, 5.41) is 15.6. The molecular weight excluding hydrogens is 222 g/mol. The van der Waals surface area contributed by atoms with Crippen LogP contribution in [0, 0.1) is 12.8 Å². The van der Waals surface area contributed by atoms with Gasteiger partial charge in [-0.1, -0.05) is 0 Å². The number of carbonyl (C=O) groups excluding carboxylic acids is 1. The van der Waals surface area contributed by atoms with E-state index in [1.807, 2.05) is 6.92 Å². The van der Waals surface area contributed by atoms with Gasteiger partial charge in [-0.25, -0.2) is 0 Å². The number of amides is 1. The lowest BCUT2D eigenvalue weighted by molar-refractivity contribution is -0.143. The zero-order valence-electron chi connectivity index (χ0n) is 9.64. The minimum absolute atomic E-state index is 0.194. The van der Waals surface area contributed by atoms with E-state index in [0.717, 1.165) is 12.1 Å². The van der Waals surface area contributed by atoms with Gasteiger partial charge >= 0.3 is 5.97 Å². The van der Waals surface area contributed by atoms with Gasteiger partial charge < -0.3 is 10.0 Å². The van der Waals surface area contributed by atoms with Crippen molar-refractivity contribution in [3.8, 4) is 0 Å². The van der Waals surface area contributed by atoms with Crippen molar-refractivity contribution >= 4 is 11.9 Å². The zero-order chi connectivity index (χ0) is 12.4. The fourth-order valence-electron chi connectivity index (χ4n) is 2.05. The molecule has 0 spiro atoms. The minimum atomic E-state index is -0.833. The standard InChI is InChI=1S/C11H15N3O3/c1-7-5-9(13-12-7)10(15)14-4-2-3-8(6-14)11(16)17/h5,8H,2-4,6H2,1H3,(H,12,13)(H,16,17)/t8-/m0/s1. The molecule has 6 nitrogen and oxygen atoms in total. The Morgan fingerprint density at radius 1 is 1.59 bits per heavy atom. The van der Waals surface area contributed by atoms with Crippen LogP contribution < -0.4 is 0 Å². The molecule has 0 saturated carbocycles. The van der Waals surface area contributed by atoms with Crippen molar-refractivity contribution in [3.63, 3.8) is 0 Å². The monoisotopic (exact) mass is 237 g/mol. The summed E-state index contributed by atoms with van der Waals surface area (Å²) in [6.45, 7) is 2.70. The third-order valence-electron chi connectivity index (χ3n) is 2.98. The molecule has 92 valence electrons. The van der Waals surface area contributed by atoms with E-state index in [9.17, 15) is 9.59 Å². The van der Waals surface area contributed by atoms with Crippen LogP contribution in [0.4, 0.5) is 0 Å². The van der Waals surface area contributed by atoms with Crippen LogP contribution in [0.3, 0.4) is 0 Å². The summed E-state index contributed by atoms with van der Waals surface area (Å²) in [5.41, 5.74) is 1.17. The number of aliphatic carboxylic acids is 1. The summed E-state index contributed by atoms with van der Waals surface area (Å²) in [5.74, 6) is -1.48. The average molecular weight is 237 g/mol. The second-order valence-corrected chi connectivity index (χ2v) is 4.36. The fraction of sp³-hybridized carbons (Fsp3) is 0.545.